The predicted octanol–water partition coefficient (Wildman–Crippen LogP) is 12.6. The van der Waals surface area contributed by atoms with Crippen LogP contribution in [0.2, 0.25) is 0 Å². The molecule has 0 N–H and O–H groups in total. The van der Waals surface area contributed by atoms with Gasteiger partial charge in [-0.05, 0) is 90.3 Å². The first-order valence-electron chi connectivity index (χ1n) is 17.5. The van der Waals surface area contributed by atoms with E-state index in [1.807, 2.05) is 24.3 Å². The molecule has 0 saturated heterocycles. The Morgan fingerprint density at radius 2 is 0.956 bits per heavy atom. The van der Waals surface area contributed by atoms with E-state index < -0.39 is 6.04 Å². The van der Waals surface area contributed by atoms with Gasteiger partial charge in [0.1, 0.15) is 11.2 Å². The number of benzene rings is 8. The summed E-state index contributed by atoms with van der Waals surface area (Å²) in [6.45, 7) is 0. The van der Waals surface area contributed by atoms with Crippen molar-refractivity contribution in [3.05, 3.63) is 170 Å². The van der Waals surface area contributed by atoms with Gasteiger partial charge in [-0.3, -0.25) is 0 Å². The second-order valence-corrected chi connectivity index (χ2v) is 11.3. The summed E-state index contributed by atoms with van der Waals surface area (Å²) in [5, 5.41) is 6.48. The van der Waals surface area contributed by atoms with Crippen molar-refractivity contribution in [2.75, 3.05) is 0 Å². The molecule has 9 aromatic rings. The highest BCUT2D eigenvalue weighted by Gasteiger charge is 2.19. The van der Waals surface area contributed by atoms with Gasteiger partial charge in [0.05, 0.1) is 6.85 Å². The molecule has 1 nitrogen and oxygen atoms in total. The maximum atomic E-state index is 8.47. The third kappa shape index (κ3) is 4.17. The highest BCUT2D eigenvalue weighted by atomic mass is 16.3. The molecule has 0 unspecified atom stereocenters. The van der Waals surface area contributed by atoms with E-state index in [1.165, 1.54) is 33.0 Å². The summed E-state index contributed by atoms with van der Waals surface area (Å²) in [6.07, 6.45) is 0. The minimum Gasteiger partial charge on any atom is -0.456 e. The van der Waals surface area contributed by atoms with Gasteiger partial charge >= 0.3 is 0 Å². The van der Waals surface area contributed by atoms with E-state index in [0.717, 1.165) is 32.7 Å². The van der Waals surface area contributed by atoms with Crippen LogP contribution >= 0.6 is 0 Å². The van der Waals surface area contributed by atoms with Gasteiger partial charge in [-0.2, -0.15) is 0 Å². The third-order valence-corrected chi connectivity index (χ3v) is 8.76. The van der Waals surface area contributed by atoms with Crippen LogP contribution in [0.4, 0.5) is 0 Å². The highest BCUT2D eigenvalue weighted by Crippen LogP contribution is 2.46. The molecule has 1 heterocycles. The summed E-state index contributed by atoms with van der Waals surface area (Å²) in [7, 11) is 0. The zero-order valence-corrected chi connectivity index (χ0v) is 24.2. The van der Waals surface area contributed by atoms with E-state index in [4.69, 9.17) is 11.3 Å². The first-order valence-corrected chi connectivity index (χ1v) is 15.0. The summed E-state index contributed by atoms with van der Waals surface area (Å²) in [5.41, 5.74) is 8.92. The molecule has 0 saturated carbocycles. The molecular formula is C44H28O. The maximum Gasteiger partial charge on any atom is 0.136 e. The highest BCUT2D eigenvalue weighted by molar-refractivity contribution is 6.23. The lowest BCUT2D eigenvalue weighted by atomic mass is 9.83. The number of hydrogen-bond acceptors (Lipinski definition) is 1. The summed E-state index contributed by atoms with van der Waals surface area (Å²) in [4.78, 5) is 0. The first kappa shape index (κ1) is 20.9. The van der Waals surface area contributed by atoms with Crippen molar-refractivity contribution in [3.8, 4) is 44.5 Å². The normalized spacial score (nSPS) is 13.1. The summed E-state index contributed by atoms with van der Waals surface area (Å²) >= 11 is 0. The zero-order chi connectivity index (χ0) is 34.1. The number of fused-ring (bicyclic) bond motifs is 5. The van der Waals surface area contributed by atoms with Crippen LogP contribution in [0.1, 0.15) is 6.85 Å². The van der Waals surface area contributed by atoms with Crippen molar-refractivity contribution >= 4 is 43.5 Å². The molecular weight excluding hydrogens is 544 g/mol. The van der Waals surface area contributed by atoms with Crippen molar-refractivity contribution in [2.45, 2.75) is 0 Å². The summed E-state index contributed by atoms with van der Waals surface area (Å²) in [6, 6.07) is 46.6. The van der Waals surface area contributed by atoms with Gasteiger partial charge in [0.15, 0.2) is 0 Å². The molecule has 0 aliphatic carbocycles. The second-order valence-electron chi connectivity index (χ2n) is 11.3. The molecule has 0 spiro atoms. The van der Waals surface area contributed by atoms with Crippen LogP contribution in [0.25, 0.3) is 88.0 Å². The molecule has 9 rings (SSSR count). The van der Waals surface area contributed by atoms with Crippen LogP contribution in [0.15, 0.2) is 174 Å². The fourth-order valence-corrected chi connectivity index (χ4v) is 6.78. The monoisotopic (exact) mass is 577 g/mol. The Balaban J connectivity index is 1.27. The van der Waals surface area contributed by atoms with Gasteiger partial charge in [0.25, 0.3) is 0 Å². The fourth-order valence-electron chi connectivity index (χ4n) is 6.78. The van der Waals surface area contributed by atoms with Crippen LogP contribution in [0.5, 0.6) is 0 Å². The third-order valence-electron chi connectivity index (χ3n) is 8.76. The lowest BCUT2D eigenvalue weighted by molar-refractivity contribution is 0.669. The van der Waals surface area contributed by atoms with E-state index in [-0.39, 0.29) is 29.7 Å². The SMILES string of the molecule is [2H]c1c([2H])c([2H])c(-c2ccc3c(c2)oc2ccc(-c4c5ccccc5c(-c5ccccc5-c5ccccc5)c5ccccc45)cc23)c([2H])c1[2H]. The zero-order valence-electron chi connectivity index (χ0n) is 29.2. The van der Waals surface area contributed by atoms with Crippen LogP contribution in [-0.4, -0.2) is 0 Å². The minimum absolute atomic E-state index is 0.158. The van der Waals surface area contributed by atoms with Crippen molar-refractivity contribution in [3.63, 3.8) is 0 Å². The summed E-state index contributed by atoms with van der Waals surface area (Å²) < 4.78 is 47.5. The molecule has 1 aromatic heterocycles. The lowest BCUT2D eigenvalue weighted by Gasteiger charge is -2.19. The number of rotatable bonds is 4. The molecule has 0 atom stereocenters. The Morgan fingerprint density at radius 3 is 1.67 bits per heavy atom. The molecule has 8 aromatic carbocycles. The Bertz CT molecular complexity index is 2730. The van der Waals surface area contributed by atoms with Gasteiger partial charge in [0, 0.05) is 10.8 Å². The molecule has 0 aliphatic rings. The minimum atomic E-state index is -0.408. The molecule has 0 aliphatic heterocycles. The molecule has 0 amide bonds. The van der Waals surface area contributed by atoms with E-state index in [0.29, 0.717) is 16.7 Å². The average molecular weight is 578 g/mol. The van der Waals surface area contributed by atoms with Crippen LogP contribution in [0, 0.1) is 0 Å². The van der Waals surface area contributed by atoms with Gasteiger partial charge in [-0.15, -0.1) is 0 Å². The smallest absolute Gasteiger partial charge is 0.136 e. The van der Waals surface area contributed by atoms with E-state index >= 15 is 0 Å². The first-order chi connectivity index (χ1) is 24.4. The van der Waals surface area contributed by atoms with Gasteiger partial charge < -0.3 is 4.42 Å². The molecule has 0 fully saturated rings. The van der Waals surface area contributed by atoms with E-state index in [9.17, 15) is 0 Å². The summed E-state index contributed by atoms with van der Waals surface area (Å²) in [5.74, 6) is 0. The Kier molecular flexibility index (Phi) is 4.81. The standard InChI is InChI=1S/C44H28O/c1-3-13-29(14-4-1)31-23-25-34-40-27-32(24-26-41(40)45-42(34)28-31)43-36-19-9-11-21-38(36)44(39-22-12-10-20-37(39)43)35-18-8-7-17-33(35)30-15-5-2-6-16-30/h1-28H/i1D,3D,4D,13D,14D. The Hall–Kier alpha value is -5.92. The topological polar surface area (TPSA) is 13.1 Å². The van der Waals surface area contributed by atoms with Crippen molar-refractivity contribution in [2.24, 2.45) is 0 Å². The van der Waals surface area contributed by atoms with E-state index in [1.54, 1.807) is 6.07 Å². The number of hydrogen-bond donors (Lipinski definition) is 0. The van der Waals surface area contributed by atoms with Crippen molar-refractivity contribution in [1.29, 1.82) is 0 Å². The fraction of sp³-hybridized carbons (Fsp3) is 0. The maximum absolute atomic E-state index is 8.47. The molecule has 0 radical (unpaired) electrons. The van der Waals surface area contributed by atoms with Gasteiger partial charge in [-0.25, -0.2) is 0 Å². The molecule has 45 heavy (non-hydrogen) atoms. The van der Waals surface area contributed by atoms with Crippen molar-refractivity contribution in [1.82, 2.24) is 0 Å². The molecule has 1 heteroatoms. The Labute approximate surface area is 268 Å². The average Bonchev–Trinajstić information content (AvgIpc) is 3.53. The van der Waals surface area contributed by atoms with Crippen molar-refractivity contribution < 1.29 is 11.3 Å². The number of furan rings is 1. The van der Waals surface area contributed by atoms with Gasteiger partial charge in [-0.1, -0.05) is 145 Å². The van der Waals surface area contributed by atoms with Crippen LogP contribution in [0.3, 0.4) is 0 Å². The lowest BCUT2D eigenvalue weighted by Crippen LogP contribution is -1.92. The predicted molar refractivity (Wildman–Crippen MR) is 190 cm³/mol. The quantitative estimate of drug-likeness (QED) is 0.190. The van der Waals surface area contributed by atoms with E-state index in [2.05, 4.69) is 109 Å². The van der Waals surface area contributed by atoms with Gasteiger partial charge in [0.2, 0.25) is 0 Å². The van der Waals surface area contributed by atoms with Crippen LogP contribution < -0.4 is 0 Å². The molecule has 210 valence electrons. The molecule has 0 bridgehead atoms. The van der Waals surface area contributed by atoms with Crippen LogP contribution in [-0.2, 0) is 0 Å². The second kappa shape index (κ2) is 10.4. The Morgan fingerprint density at radius 1 is 0.356 bits per heavy atom. The largest absolute Gasteiger partial charge is 0.456 e.